The molecule has 3 atom stereocenters. The van der Waals surface area contributed by atoms with Crippen molar-refractivity contribution in [3.8, 4) is 0 Å². The number of rotatable bonds is 11. The first kappa shape index (κ1) is 22.6. The molecular weight excluding hydrogens is 380 g/mol. The molecule has 2 heterocycles. The minimum absolute atomic E-state index is 0.164. The second kappa shape index (κ2) is 10.8. The van der Waals surface area contributed by atoms with Gasteiger partial charge in [0.15, 0.2) is 11.5 Å². The van der Waals surface area contributed by atoms with Gasteiger partial charge >= 0.3 is 11.9 Å². The van der Waals surface area contributed by atoms with Gasteiger partial charge in [-0.25, -0.2) is 4.79 Å². The molecule has 1 saturated heterocycles. The van der Waals surface area contributed by atoms with Crippen LogP contribution in [0.4, 0.5) is 0 Å². The molecule has 29 heavy (non-hydrogen) atoms. The zero-order valence-corrected chi connectivity index (χ0v) is 16.8. The number of nitrogens with one attached hydrogen (secondary N) is 1. The highest BCUT2D eigenvalue weighted by Crippen LogP contribution is 2.19. The van der Waals surface area contributed by atoms with Crippen molar-refractivity contribution in [3.05, 3.63) is 24.2 Å². The van der Waals surface area contributed by atoms with Gasteiger partial charge < -0.3 is 19.2 Å². The maximum atomic E-state index is 12.7. The number of aliphatic carboxylic acids is 1. The Hall–Kier alpha value is -2.68. The van der Waals surface area contributed by atoms with Crippen LogP contribution in [0.15, 0.2) is 22.8 Å². The van der Waals surface area contributed by atoms with Crippen LogP contribution in [0.2, 0.25) is 0 Å². The van der Waals surface area contributed by atoms with Crippen LogP contribution >= 0.6 is 0 Å². The Kier molecular flexibility index (Phi) is 8.38. The van der Waals surface area contributed by atoms with Crippen LogP contribution in [-0.2, 0) is 19.1 Å². The van der Waals surface area contributed by atoms with Crippen LogP contribution in [0.3, 0.4) is 0 Å². The highest BCUT2D eigenvalue weighted by atomic mass is 16.5. The third-order valence-corrected chi connectivity index (χ3v) is 4.91. The summed E-state index contributed by atoms with van der Waals surface area (Å²) in [5.74, 6) is -1.79. The van der Waals surface area contributed by atoms with Crippen LogP contribution < -0.4 is 5.32 Å². The number of hydrogen-bond donors (Lipinski definition) is 2. The largest absolute Gasteiger partial charge is 0.480 e. The summed E-state index contributed by atoms with van der Waals surface area (Å²) in [5.41, 5.74) is 0. The minimum atomic E-state index is -1.03. The Bertz CT molecular complexity index is 716. The lowest BCUT2D eigenvalue weighted by molar-refractivity contribution is -0.150. The van der Waals surface area contributed by atoms with E-state index < -0.39 is 30.1 Å². The molecule has 1 aromatic rings. The first-order valence-corrected chi connectivity index (χ1v) is 9.87. The SMILES string of the molecule is CCOC(=O)C(CCCC(=O)c1ccco1)N[C@@H](C)C(=O)N1CCC[C@H]1C(=O)O. The Labute approximate surface area is 169 Å². The van der Waals surface area contributed by atoms with Gasteiger partial charge in [0, 0.05) is 13.0 Å². The van der Waals surface area contributed by atoms with E-state index >= 15 is 0 Å². The van der Waals surface area contributed by atoms with Gasteiger partial charge in [0.25, 0.3) is 0 Å². The van der Waals surface area contributed by atoms with Crippen LogP contribution in [0, 0.1) is 0 Å². The summed E-state index contributed by atoms with van der Waals surface area (Å²) in [6.07, 6.45) is 3.37. The molecule has 1 unspecified atom stereocenters. The zero-order valence-electron chi connectivity index (χ0n) is 16.8. The Morgan fingerprint density at radius 1 is 1.38 bits per heavy atom. The molecule has 9 heteroatoms. The maximum Gasteiger partial charge on any atom is 0.326 e. The standard InChI is InChI=1S/C20H28N2O7/c1-3-28-20(27)14(7-4-9-16(23)17-10-6-12-29-17)21-13(2)18(24)22-11-5-8-15(22)19(25)26/h6,10,12-15,21H,3-5,7-9,11H2,1-2H3,(H,25,26)/t13-,14?,15-/m0/s1. The van der Waals surface area contributed by atoms with E-state index in [4.69, 9.17) is 9.15 Å². The van der Waals surface area contributed by atoms with Crippen LogP contribution in [0.25, 0.3) is 0 Å². The Balaban J connectivity index is 1.94. The fourth-order valence-electron chi connectivity index (χ4n) is 3.45. The average Bonchev–Trinajstić information content (AvgIpc) is 3.38. The van der Waals surface area contributed by atoms with E-state index in [1.807, 2.05) is 0 Å². The van der Waals surface area contributed by atoms with Gasteiger partial charge in [-0.2, -0.15) is 0 Å². The third-order valence-electron chi connectivity index (χ3n) is 4.91. The summed E-state index contributed by atoms with van der Waals surface area (Å²) in [7, 11) is 0. The number of ether oxygens (including phenoxy) is 1. The Morgan fingerprint density at radius 3 is 2.76 bits per heavy atom. The van der Waals surface area contributed by atoms with Crippen molar-refractivity contribution < 1.29 is 33.4 Å². The highest BCUT2D eigenvalue weighted by Gasteiger charge is 2.37. The number of esters is 1. The van der Waals surface area contributed by atoms with Crippen LogP contribution in [0.1, 0.15) is 56.5 Å². The van der Waals surface area contributed by atoms with E-state index in [0.717, 1.165) is 0 Å². The first-order valence-electron chi connectivity index (χ1n) is 9.87. The van der Waals surface area contributed by atoms with Crippen molar-refractivity contribution >= 4 is 23.6 Å². The number of likely N-dealkylation sites (tertiary alicyclic amines) is 1. The molecule has 1 aliphatic heterocycles. The summed E-state index contributed by atoms with van der Waals surface area (Å²) in [6.45, 7) is 3.85. The van der Waals surface area contributed by atoms with Gasteiger partial charge in [0.1, 0.15) is 12.1 Å². The molecule has 1 fully saturated rings. The topological polar surface area (TPSA) is 126 Å². The number of carboxylic acids is 1. The zero-order chi connectivity index (χ0) is 21.4. The average molecular weight is 408 g/mol. The maximum absolute atomic E-state index is 12.7. The molecule has 2 N–H and O–H groups in total. The molecule has 1 aromatic heterocycles. The van der Waals surface area contributed by atoms with Crippen LogP contribution in [-0.4, -0.2) is 64.9 Å². The van der Waals surface area contributed by atoms with Gasteiger partial charge in [-0.3, -0.25) is 19.7 Å². The predicted octanol–water partition coefficient (Wildman–Crippen LogP) is 1.62. The molecule has 160 valence electrons. The van der Waals surface area contributed by atoms with Crippen LogP contribution in [0.5, 0.6) is 0 Å². The smallest absolute Gasteiger partial charge is 0.326 e. The quantitative estimate of drug-likeness (QED) is 0.418. The summed E-state index contributed by atoms with van der Waals surface area (Å²) in [5, 5.41) is 12.2. The van der Waals surface area contributed by atoms with E-state index in [2.05, 4.69) is 5.32 Å². The molecule has 9 nitrogen and oxygen atoms in total. The number of Topliss-reactive ketones (excluding diaryl/α,β-unsaturated/α-hetero) is 1. The lowest BCUT2D eigenvalue weighted by atomic mass is 10.1. The number of hydrogen-bond acceptors (Lipinski definition) is 7. The molecular formula is C20H28N2O7. The van der Waals surface area contributed by atoms with E-state index in [1.165, 1.54) is 11.2 Å². The highest BCUT2D eigenvalue weighted by molar-refractivity contribution is 5.93. The lowest BCUT2D eigenvalue weighted by Crippen LogP contribution is -2.53. The van der Waals surface area contributed by atoms with E-state index in [0.29, 0.717) is 32.2 Å². The number of amides is 1. The van der Waals surface area contributed by atoms with Gasteiger partial charge in [-0.1, -0.05) is 0 Å². The molecule has 0 aliphatic carbocycles. The van der Waals surface area contributed by atoms with Crippen molar-refractivity contribution in [1.82, 2.24) is 10.2 Å². The minimum Gasteiger partial charge on any atom is -0.480 e. The van der Waals surface area contributed by atoms with Gasteiger partial charge in [-0.15, -0.1) is 0 Å². The summed E-state index contributed by atoms with van der Waals surface area (Å²) in [4.78, 5) is 49.7. The molecule has 0 aromatic carbocycles. The Morgan fingerprint density at radius 2 is 2.14 bits per heavy atom. The molecule has 1 amide bonds. The van der Waals surface area contributed by atoms with Crippen molar-refractivity contribution in [2.45, 2.75) is 64.1 Å². The van der Waals surface area contributed by atoms with Crippen molar-refractivity contribution in [3.63, 3.8) is 0 Å². The van der Waals surface area contributed by atoms with E-state index in [9.17, 15) is 24.3 Å². The van der Waals surface area contributed by atoms with E-state index in [-0.39, 0.29) is 30.5 Å². The van der Waals surface area contributed by atoms with E-state index in [1.54, 1.807) is 26.0 Å². The predicted molar refractivity (Wildman–Crippen MR) is 102 cm³/mol. The fraction of sp³-hybridized carbons (Fsp3) is 0.600. The second-order valence-electron chi connectivity index (χ2n) is 7.01. The first-order chi connectivity index (χ1) is 13.8. The number of carbonyl (C=O) groups is 4. The molecule has 0 saturated carbocycles. The molecule has 2 rings (SSSR count). The summed E-state index contributed by atoms with van der Waals surface area (Å²) < 4.78 is 10.1. The second-order valence-corrected chi connectivity index (χ2v) is 7.01. The number of furan rings is 1. The van der Waals surface area contributed by atoms with Crippen molar-refractivity contribution in [2.24, 2.45) is 0 Å². The number of carbonyl (C=O) groups excluding carboxylic acids is 3. The fourth-order valence-corrected chi connectivity index (χ4v) is 3.45. The third kappa shape index (κ3) is 6.15. The van der Waals surface area contributed by atoms with Crippen molar-refractivity contribution in [2.75, 3.05) is 13.2 Å². The number of ketones is 1. The van der Waals surface area contributed by atoms with Gasteiger partial charge in [0.05, 0.1) is 18.9 Å². The molecule has 0 spiro atoms. The number of nitrogens with zero attached hydrogens (tertiary/aromatic N) is 1. The summed E-state index contributed by atoms with van der Waals surface area (Å²) >= 11 is 0. The van der Waals surface area contributed by atoms with Crippen molar-refractivity contribution in [1.29, 1.82) is 0 Å². The number of carboxylic acid groups (broad SMARTS) is 1. The lowest BCUT2D eigenvalue weighted by Gasteiger charge is -2.27. The normalized spacial score (nSPS) is 18.3. The molecule has 0 radical (unpaired) electrons. The molecule has 0 bridgehead atoms. The van der Waals surface area contributed by atoms with Gasteiger partial charge in [-0.05, 0) is 51.7 Å². The van der Waals surface area contributed by atoms with Gasteiger partial charge in [0.2, 0.25) is 5.91 Å². The molecule has 1 aliphatic rings. The summed E-state index contributed by atoms with van der Waals surface area (Å²) in [6, 6.07) is 0.846. The monoisotopic (exact) mass is 408 g/mol.